The topological polar surface area (TPSA) is 43.8 Å². The lowest BCUT2D eigenvalue weighted by Crippen LogP contribution is -2.30. The van der Waals surface area contributed by atoms with Crippen LogP contribution in [0.1, 0.15) is 12.1 Å². The first-order valence-corrected chi connectivity index (χ1v) is 6.18. The average Bonchev–Trinajstić information content (AvgIpc) is 2.72. The molecule has 17 heavy (non-hydrogen) atoms. The minimum Gasteiger partial charge on any atom is -0.328 e. The molecule has 2 aromatic rings. The van der Waals surface area contributed by atoms with Gasteiger partial charge in [0.05, 0.1) is 5.02 Å². The number of rotatable bonds is 1. The molecule has 0 saturated carbocycles. The number of hydrogen-bond donors (Lipinski definition) is 1. The fourth-order valence-electron chi connectivity index (χ4n) is 2.35. The molecule has 1 unspecified atom stereocenters. The van der Waals surface area contributed by atoms with Gasteiger partial charge < -0.3 is 10.3 Å². The van der Waals surface area contributed by atoms with E-state index in [1.54, 1.807) is 0 Å². The van der Waals surface area contributed by atoms with E-state index >= 15 is 0 Å². The summed E-state index contributed by atoms with van der Waals surface area (Å²) in [6.45, 7) is 0.928. The van der Waals surface area contributed by atoms with E-state index < -0.39 is 0 Å². The fraction of sp³-hybridized carbons (Fsp3) is 0.308. The fourth-order valence-corrected chi connectivity index (χ4v) is 2.57. The number of nitrogens with two attached hydrogens (primary N) is 1. The van der Waals surface area contributed by atoms with E-state index in [1.165, 1.54) is 5.69 Å². The second-order valence-electron chi connectivity index (χ2n) is 4.46. The summed E-state index contributed by atoms with van der Waals surface area (Å²) in [5.74, 6) is 0.956. The molecule has 1 aromatic carbocycles. The Bertz CT molecular complexity index is 547. The highest BCUT2D eigenvalue weighted by atomic mass is 35.5. The summed E-state index contributed by atoms with van der Waals surface area (Å²) in [5, 5.41) is 0.746. The zero-order valence-electron chi connectivity index (χ0n) is 9.44. The Morgan fingerprint density at radius 2 is 2.18 bits per heavy atom. The maximum atomic E-state index is 6.21. The highest BCUT2D eigenvalue weighted by Gasteiger charge is 2.20. The molecule has 0 fully saturated rings. The smallest absolute Gasteiger partial charge is 0.141 e. The zero-order chi connectivity index (χ0) is 11.8. The van der Waals surface area contributed by atoms with Crippen molar-refractivity contribution in [3.8, 4) is 11.4 Å². The molecular weight excluding hydrogens is 234 g/mol. The Morgan fingerprint density at radius 1 is 1.35 bits per heavy atom. The highest BCUT2D eigenvalue weighted by molar-refractivity contribution is 6.33. The number of nitrogens with zero attached hydrogens (tertiary/aromatic N) is 2. The predicted octanol–water partition coefficient (Wildman–Crippen LogP) is 2.48. The van der Waals surface area contributed by atoms with Crippen LogP contribution in [0.15, 0.2) is 30.5 Å². The Morgan fingerprint density at radius 3 is 3.00 bits per heavy atom. The number of aromatic nitrogens is 2. The number of fused-ring (bicyclic) bond motifs is 1. The summed E-state index contributed by atoms with van der Waals surface area (Å²) in [6.07, 6.45) is 3.82. The second kappa shape index (κ2) is 4.17. The Hall–Kier alpha value is -1.32. The van der Waals surface area contributed by atoms with E-state index in [1.807, 2.05) is 30.5 Å². The van der Waals surface area contributed by atoms with Gasteiger partial charge in [0, 0.05) is 36.5 Å². The largest absolute Gasteiger partial charge is 0.328 e. The van der Waals surface area contributed by atoms with Gasteiger partial charge in [-0.1, -0.05) is 23.7 Å². The lowest BCUT2D eigenvalue weighted by Gasteiger charge is -2.22. The molecule has 4 heteroatoms. The van der Waals surface area contributed by atoms with Crippen LogP contribution in [-0.2, 0) is 13.0 Å². The van der Waals surface area contributed by atoms with Gasteiger partial charge >= 0.3 is 0 Å². The van der Waals surface area contributed by atoms with Crippen LogP contribution >= 0.6 is 11.6 Å². The summed E-state index contributed by atoms with van der Waals surface area (Å²) in [5.41, 5.74) is 8.16. The molecule has 3 nitrogen and oxygen atoms in total. The molecule has 1 atom stereocenters. The van der Waals surface area contributed by atoms with Crippen molar-refractivity contribution in [3.63, 3.8) is 0 Å². The summed E-state index contributed by atoms with van der Waals surface area (Å²) in [6, 6.07) is 8.08. The van der Waals surface area contributed by atoms with Crippen LogP contribution in [0.5, 0.6) is 0 Å². The molecule has 2 N–H and O–H groups in total. The Kier molecular flexibility index (Phi) is 2.65. The van der Waals surface area contributed by atoms with Gasteiger partial charge in [0.1, 0.15) is 5.82 Å². The van der Waals surface area contributed by atoms with E-state index in [0.29, 0.717) is 0 Å². The van der Waals surface area contributed by atoms with E-state index in [0.717, 1.165) is 35.8 Å². The molecule has 2 heterocycles. The lowest BCUT2D eigenvalue weighted by molar-refractivity contribution is 0.475. The Labute approximate surface area is 105 Å². The minimum atomic E-state index is 0.262. The molecule has 1 aromatic heterocycles. The molecule has 0 spiro atoms. The van der Waals surface area contributed by atoms with Crippen LogP contribution in [0.25, 0.3) is 11.4 Å². The van der Waals surface area contributed by atoms with Crippen molar-refractivity contribution in [2.45, 2.75) is 25.4 Å². The van der Waals surface area contributed by atoms with E-state index in [2.05, 4.69) is 9.55 Å². The van der Waals surface area contributed by atoms with Crippen LogP contribution in [-0.4, -0.2) is 15.6 Å². The van der Waals surface area contributed by atoms with Crippen molar-refractivity contribution in [1.29, 1.82) is 0 Å². The van der Waals surface area contributed by atoms with Crippen LogP contribution < -0.4 is 5.73 Å². The van der Waals surface area contributed by atoms with E-state index in [4.69, 9.17) is 17.3 Å². The van der Waals surface area contributed by atoms with Crippen molar-refractivity contribution in [1.82, 2.24) is 9.55 Å². The van der Waals surface area contributed by atoms with Crippen molar-refractivity contribution >= 4 is 11.6 Å². The summed E-state index contributed by atoms with van der Waals surface area (Å²) < 4.78 is 2.23. The predicted molar refractivity (Wildman–Crippen MR) is 69.0 cm³/mol. The van der Waals surface area contributed by atoms with E-state index in [9.17, 15) is 0 Å². The molecule has 0 bridgehead atoms. The molecule has 0 radical (unpaired) electrons. The lowest BCUT2D eigenvalue weighted by atomic mass is 10.1. The molecule has 0 aliphatic carbocycles. The quantitative estimate of drug-likeness (QED) is 0.841. The second-order valence-corrected chi connectivity index (χ2v) is 4.86. The van der Waals surface area contributed by atoms with Gasteiger partial charge in [-0.2, -0.15) is 0 Å². The molecule has 0 saturated heterocycles. The molecular formula is C13H14ClN3. The van der Waals surface area contributed by atoms with Gasteiger partial charge in [0.15, 0.2) is 0 Å². The first-order valence-electron chi connectivity index (χ1n) is 5.80. The van der Waals surface area contributed by atoms with Gasteiger partial charge in [-0.25, -0.2) is 4.98 Å². The van der Waals surface area contributed by atoms with Crippen molar-refractivity contribution in [3.05, 3.63) is 41.2 Å². The molecule has 3 rings (SSSR count). The van der Waals surface area contributed by atoms with Crippen LogP contribution in [0.3, 0.4) is 0 Å². The van der Waals surface area contributed by atoms with Crippen LogP contribution in [0, 0.1) is 0 Å². The summed E-state index contributed by atoms with van der Waals surface area (Å²) >= 11 is 6.21. The highest BCUT2D eigenvalue weighted by Crippen LogP contribution is 2.29. The molecule has 1 aliphatic rings. The standard InChI is InChI=1S/C13H14ClN3/c14-12-4-2-1-3-11(12)13-16-8-10-7-9(15)5-6-17(10)13/h1-4,8-9H,5-7,15H2. The van der Waals surface area contributed by atoms with Crippen molar-refractivity contribution in [2.75, 3.05) is 0 Å². The van der Waals surface area contributed by atoms with Crippen LogP contribution in [0.2, 0.25) is 5.02 Å². The van der Waals surface area contributed by atoms with Gasteiger partial charge in [0.2, 0.25) is 0 Å². The number of hydrogen-bond acceptors (Lipinski definition) is 2. The summed E-state index contributed by atoms with van der Waals surface area (Å²) in [4.78, 5) is 4.49. The molecule has 88 valence electrons. The number of benzene rings is 1. The number of halogens is 1. The third-order valence-electron chi connectivity index (χ3n) is 3.25. The van der Waals surface area contributed by atoms with Gasteiger partial charge in [-0.05, 0) is 18.6 Å². The molecule has 1 aliphatic heterocycles. The first-order chi connectivity index (χ1) is 8.25. The SMILES string of the molecule is NC1CCn2c(cnc2-c2ccccc2Cl)C1. The van der Waals surface area contributed by atoms with Crippen molar-refractivity contribution < 1.29 is 0 Å². The maximum Gasteiger partial charge on any atom is 0.141 e. The number of imidazole rings is 1. The minimum absolute atomic E-state index is 0.262. The third-order valence-corrected chi connectivity index (χ3v) is 3.58. The Balaban J connectivity index is 2.09. The van der Waals surface area contributed by atoms with Gasteiger partial charge in [0.25, 0.3) is 0 Å². The van der Waals surface area contributed by atoms with Crippen molar-refractivity contribution in [2.24, 2.45) is 5.73 Å². The zero-order valence-corrected chi connectivity index (χ0v) is 10.2. The van der Waals surface area contributed by atoms with Gasteiger partial charge in [-0.3, -0.25) is 0 Å². The normalized spacial score (nSPS) is 19.1. The third kappa shape index (κ3) is 1.85. The monoisotopic (exact) mass is 247 g/mol. The molecule has 0 amide bonds. The average molecular weight is 248 g/mol. The van der Waals surface area contributed by atoms with Crippen LogP contribution in [0.4, 0.5) is 0 Å². The van der Waals surface area contributed by atoms with Gasteiger partial charge in [-0.15, -0.1) is 0 Å². The maximum absolute atomic E-state index is 6.21. The first kappa shape index (κ1) is 10.8. The van der Waals surface area contributed by atoms with E-state index in [-0.39, 0.29) is 6.04 Å². The summed E-state index contributed by atoms with van der Waals surface area (Å²) in [7, 11) is 0.